The third-order valence-electron chi connectivity index (χ3n) is 7.14. The molecule has 4 atom stereocenters. The van der Waals surface area contributed by atoms with Crippen molar-refractivity contribution in [2.45, 2.75) is 56.3 Å². The number of carbonyl (C=O) groups is 3. The predicted octanol–water partition coefficient (Wildman–Crippen LogP) is 2.34. The van der Waals surface area contributed by atoms with Gasteiger partial charge >= 0.3 is 0 Å². The number of likely N-dealkylation sites (N-methyl/N-ethyl adjacent to an activating group) is 1. The summed E-state index contributed by atoms with van der Waals surface area (Å²) in [6.45, 7) is 11.1. The number of hydrogen-bond acceptors (Lipinski definition) is 5. The third-order valence-corrected chi connectivity index (χ3v) is 8.67. The van der Waals surface area contributed by atoms with Gasteiger partial charge in [-0.15, -0.1) is 11.8 Å². The minimum atomic E-state index is -0.635. The molecular formula is C24H34N4O3S. The van der Waals surface area contributed by atoms with E-state index in [1.807, 2.05) is 56.9 Å². The summed E-state index contributed by atoms with van der Waals surface area (Å²) >= 11 is 1.64. The van der Waals surface area contributed by atoms with Gasteiger partial charge in [-0.2, -0.15) is 0 Å². The maximum Gasteiger partial charge on any atom is 0.256 e. The zero-order chi connectivity index (χ0) is 23.2. The molecule has 1 N–H and O–H groups in total. The van der Waals surface area contributed by atoms with Crippen LogP contribution < -0.4 is 5.32 Å². The molecule has 2 saturated heterocycles. The summed E-state index contributed by atoms with van der Waals surface area (Å²) in [5.41, 5.74) is 1.64. The van der Waals surface area contributed by atoms with Crippen LogP contribution in [0.15, 0.2) is 24.3 Å². The largest absolute Gasteiger partial charge is 0.342 e. The van der Waals surface area contributed by atoms with Gasteiger partial charge in [-0.1, -0.05) is 38.5 Å². The van der Waals surface area contributed by atoms with Gasteiger partial charge < -0.3 is 20.0 Å². The molecule has 8 heteroatoms. The van der Waals surface area contributed by atoms with Gasteiger partial charge in [0.1, 0.15) is 17.5 Å². The van der Waals surface area contributed by atoms with E-state index in [4.69, 9.17) is 0 Å². The summed E-state index contributed by atoms with van der Waals surface area (Å²) in [7, 11) is 2.05. The van der Waals surface area contributed by atoms with Gasteiger partial charge in [0.2, 0.25) is 11.8 Å². The number of amides is 3. The topological polar surface area (TPSA) is 73.0 Å². The summed E-state index contributed by atoms with van der Waals surface area (Å²) in [5.74, 6) is -0.351. The number of fused-ring (bicyclic) bond motifs is 3. The molecular weight excluding hydrogens is 424 g/mol. The number of thioether (sulfide) groups is 1. The van der Waals surface area contributed by atoms with Crippen LogP contribution in [0.2, 0.25) is 0 Å². The zero-order valence-electron chi connectivity index (χ0n) is 19.6. The van der Waals surface area contributed by atoms with Crippen LogP contribution in [0.5, 0.6) is 0 Å². The van der Waals surface area contributed by atoms with E-state index >= 15 is 0 Å². The van der Waals surface area contributed by atoms with Crippen LogP contribution in [0.25, 0.3) is 0 Å². The Morgan fingerprint density at radius 1 is 1.19 bits per heavy atom. The molecule has 1 aromatic rings. The highest BCUT2D eigenvalue weighted by Crippen LogP contribution is 2.56. The molecule has 0 spiro atoms. The van der Waals surface area contributed by atoms with E-state index in [9.17, 15) is 14.4 Å². The predicted molar refractivity (Wildman–Crippen MR) is 126 cm³/mol. The minimum Gasteiger partial charge on any atom is -0.342 e. The van der Waals surface area contributed by atoms with Crippen molar-refractivity contribution in [1.29, 1.82) is 0 Å². The molecule has 3 heterocycles. The molecule has 0 radical (unpaired) electrons. The van der Waals surface area contributed by atoms with Crippen LogP contribution in [-0.2, 0) is 9.59 Å². The van der Waals surface area contributed by atoms with Gasteiger partial charge in [0.15, 0.2) is 0 Å². The van der Waals surface area contributed by atoms with Gasteiger partial charge in [-0.3, -0.25) is 14.4 Å². The minimum absolute atomic E-state index is 0.00514. The maximum atomic E-state index is 13.7. The fourth-order valence-electron chi connectivity index (χ4n) is 4.94. The first-order chi connectivity index (χ1) is 15.2. The third kappa shape index (κ3) is 3.92. The Bertz CT molecular complexity index is 912. The normalized spacial score (nSPS) is 26.5. The van der Waals surface area contributed by atoms with Crippen molar-refractivity contribution in [3.8, 4) is 0 Å². The fourth-order valence-corrected chi connectivity index (χ4v) is 6.53. The number of hydrogen-bond donors (Lipinski definition) is 1. The van der Waals surface area contributed by atoms with E-state index in [-0.39, 0.29) is 29.0 Å². The molecule has 0 saturated carbocycles. The maximum absolute atomic E-state index is 13.7. The number of rotatable bonds is 5. The highest BCUT2D eigenvalue weighted by Gasteiger charge is 2.57. The van der Waals surface area contributed by atoms with Crippen molar-refractivity contribution >= 4 is 29.5 Å². The number of nitrogens with one attached hydrogen (secondary N) is 1. The molecule has 32 heavy (non-hydrogen) atoms. The van der Waals surface area contributed by atoms with Crippen molar-refractivity contribution in [3.63, 3.8) is 0 Å². The van der Waals surface area contributed by atoms with Crippen molar-refractivity contribution in [2.24, 2.45) is 5.92 Å². The van der Waals surface area contributed by atoms with Crippen LogP contribution in [0.3, 0.4) is 0 Å². The molecule has 174 valence electrons. The molecule has 0 unspecified atom stereocenters. The molecule has 0 aliphatic carbocycles. The summed E-state index contributed by atoms with van der Waals surface area (Å²) < 4.78 is -0.463. The molecule has 1 aromatic carbocycles. The monoisotopic (exact) mass is 458 g/mol. The van der Waals surface area contributed by atoms with Gasteiger partial charge in [-0.05, 0) is 38.4 Å². The summed E-state index contributed by atoms with van der Waals surface area (Å²) in [6, 6.07) is 6.37. The van der Waals surface area contributed by atoms with Crippen molar-refractivity contribution in [2.75, 3.05) is 33.2 Å². The van der Waals surface area contributed by atoms with E-state index in [0.29, 0.717) is 18.7 Å². The molecule has 0 bridgehead atoms. The molecule has 3 aliphatic heterocycles. The Morgan fingerprint density at radius 2 is 1.84 bits per heavy atom. The van der Waals surface area contributed by atoms with Gasteiger partial charge in [0.25, 0.3) is 5.91 Å². The Balaban J connectivity index is 1.56. The highest BCUT2D eigenvalue weighted by molar-refractivity contribution is 8.01. The number of benzene rings is 1. The lowest BCUT2D eigenvalue weighted by Gasteiger charge is -2.37. The average molecular weight is 459 g/mol. The van der Waals surface area contributed by atoms with E-state index in [1.54, 1.807) is 16.7 Å². The average Bonchev–Trinajstić information content (AvgIpc) is 3.20. The standard InChI is InChI=1S/C24H34N4O3S/c1-6-15(2)18(22(31)27-13-11-26(5)12-14-27)25-20(29)19-24(3,4)32-23-17-10-8-7-9-16(17)21(30)28(19)23/h7-10,15,18-19,23H,6,11-14H2,1-5H3,(H,25,29)/t15-,18-,19-,23+/m0/s1. The smallest absolute Gasteiger partial charge is 0.256 e. The van der Waals surface area contributed by atoms with Crippen molar-refractivity contribution in [3.05, 3.63) is 35.4 Å². The second-order valence-corrected chi connectivity index (χ2v) is 11.5. The van der Waals surface area contributed by atoms with Gasteiger partial charge in [0, 0.05) is 36.5 Å². The molecule has 3 aliphatic rings. The van der Waals surface area contributed by atoms with Crippen LogP contribution in [-0.4, -0.2) is 82.5 Å². The zero-order valence-corrected chi connectivity index (χ0v) is 20.4. The van der Waals surface area contributed by atoms with Crippen molar-refractivity contribution in [1.82, 2.24) is 20.0 Å². The van der Waals surface area contributed by atoms with E-state index < -0.39 is 16.8 Å². The highest BCUT2D eigenvalue weighted by atomic mass is 32.2. The Kier molecular flexibility index (Phi) is 6.29. The number of piperazine rings is 1. The van der Waals surface area contributed by atoms with E-state index in [1.165, 1.54) is 0 Å². The summed E-state index contributed by atoms with van der Waals surface area (Å²) in [6.07, 6.45) is 0.782. The second-order valence-electron chi connectivity index (χ2n) is 9.78. The molecule has 3 amide bonds. The van der Waals surface area contributed by atoms with Gasteiger partial charge in [0.05, 0.1) is 0 Å². The second kappa shape index (κ2) is 8.71. The molecule has 4 rings (SSSR count). The summed E-state index contributed by atoms with van der Waals surface area (Å²) in [5, 5.41) is 2.92. The number of nitrogens with zero attached hydrogens (tertiary/aromatic N) is 3. The Labute approximate surface area is 194 Å². The fraction of sp³-hybridized carbons (Fsp3) is 0.625. The SMILES string of the molecule is CC[C@H](C)[C@H](NC(=O)[C@@H]1N2C(=O)c3ccccc3[C@H]2SC1(C)C)C(=O)N1CCN(C)CC1. The van der Waals surface area contributed by atoms with E-state index in [2.05, 4.69) is 17.3 Å². The number of carbonyl (C=O) groups excluding carboxylic acids is 3. The molecule has 0 aromatic heterocycles. The van der Waals surface area contributed by atoms with Crippen LogP contribution in [0, 0.1) is 5.92 Å². The lowest BCUT2D eigenvalue weighted by atomic mass is 9.95. The summed E-state index contributed by atoms with van der Waals surface area (Å²) in [4.78, 5) is 46.1. The first kappa shape index (κ1) is 23.1. The van der Waals surface area contributed by atoms with Crippen molar-refractivity contribution < 1.29 is 14.4 Å². The van der Waals surface area contributed by atoms with Crippen LogP contribution in [0.4, 0.5) is 0 Å². The first-order valence-electron chi connectivity index (χ1n) is 11.5. The Morgan fingerprint density at radius 3 is 2.50 bits per heavy atom. The lowest BCUT2D eigenvalue weighted by Crippen LogP contribution is -2.60. The van der Waals surface area contributed by atoms with E-state index in [0.717, 1.165) is 25.1 Å². The first-order valence-corrected chi connectivity index (χ1v) is 12.4. The quantitative estimate of drug-likeness (QED) is 0.733. The Hall–Kier alpha value is -2.06. The van der Waals surface area contributed by atoms with Gasteiger partial charge in [-0.25, -0.2) is 0 Å². The molecule has 7 nitrogen and oxygen atoms in total. The lowest BCUT2D eigenvalue weighted by molar-refractivity contribution is -0.140. The van der Waals surface area contributed by atoms with Crippen LogP contribution >= 0.6 is 11.8 Å². The molecule has 2 fully saturated rings. The van der Waals surface area contributed by atoms with Crippen LogP contribution in [0.1, 0.15) is 55.4 Å².